The zero-order valence-corrected chi connectivity index (χ0v) is 9.19. The third-order valence-electron chi connectivity index (χ3n) is 2.08. The Morgan fingerprint density at radius 3 is 2.88 bits per heavy atom. The molecule has 0 saturated heterocycles. The van der Waals surface area contributed by atoms with Crippen molar-refractivity contribution in [1.29, 1.82) is 0 Å². The minimum absolute atomic E-state index is 0.0873. The number of rotatable bonds is 3. The first-order valence-corrected chi connectivity index (χ1v) is 5.02. The molecule has 0 aliphatic heterocycles. The van der Waals surface area contributed by atoms with Gasteiger partial charge in [0.1, 0.15) is 6.42 Å². The van der Waals surface area contributed by atoms with Crippen LogP contribution < -0.4 is 0 Å². The van der Waals surface area contributed by atoms with Crippen molar-refractivity contribution in [3.05, 3.63) is 35.4 Å². The Hall–Kier alpha value is -1.79. The van der Waals surface area contributed by atoms with E-state index in [9.17, 15) is 4.79 Å². The van der Waals surface area contributed by atoms with Crippen LogP contribution >= 0.6 is 0 Å². The largest absolute Gasteiger partial charge is 0.468 e. The number of methoxy groups -OCH3 is 1. The Balaban J connectivity index is 2.75. The van der Waals surface area contributed by atoms with Crippen LogP contribution in [-0.2, 0) is 16.0 Å². The molecule has 16 heavy (non-hydrogen) atoms. The van der Waals surface area contributed by atoms with Crippen molar-refractivity contribution in [1.82, 2.24) is 0 Å². The number of ether oxygens (including phenoxy) is 1. The zero-order chi connectivity index (χ0) is 11.8. The molecule has 0 spiro atoms. The fourth-order valence-corrected chi connectivity index (χ4v) is 1.26. The van der Waals surface area contributed by atoms with Crippen LogP contribution in [0.2, 0.25) is 0 Å². The van der Waals surface area contributed by atoms with E-state index in [1.54, 1.807) is 0 Å². The summed E-state index contributed by atoms with van der Waals surface area (Å²) in [5, 5.41) is 8.87. The summed E-state index contributed by atoms with van der Waals surface area (Å²) in [7, 11) is 1.34. The molecule has 0 aliphatic carbocycles. The summed E-state index contributed by atoms with van der Waals surface area (Å²) in [6, 6.07) is 7.56. The van der Waals surface area contributed by atoms with Gasteiger partial charge in [0.15, 0.2) is 0 Å². The summed E-state index contributed by atoms with van der Waals surface area (Å²) in [4.78, 5) is 10.8. The standard InChI is InChI=1S/C13H14O3/c1-16-13(15)8-4-7-11-5-2-3-6-12(11)9-10-14/h2-3,5-6,14H,8-10H2,1H3. The SMILES string of the molecule is COC(=O)CC#Cc1ccccc1CCO. The normalized spacial score (nSPS) is 9.12. The van der Waals surface area contributed by atoms with Crippen molar-refractivity contribution in [3.8, 4) is 11.8 Å². The van der Waals surface area contributed by atoms with E-state index in [-0.39, 0.29) is 19.0 Å². The Morgan fingerprint density at radius 1 is 1.44 bits per heavy atom. The summed E-state index contributed by atoms with van der Waals surface area (Å²) in [6.45, 7) is 0.0930. The molecule has 1 N–H and O–H groups in total. The molecular formula is C13H14O3. The van der Waals surface area contributed by atoms with Gasteiger partial charge in [0, 0.05) is 12.2 Å². The van der Waals surface area contributed by atoms with Crippen LogP contribution in [0.5, 0.6) is 0 Å². The molecule has 0 aromatic heterocycles. The van der Waals surface area contributed by atoms with Crippen molar-refractivity contribution in [2.24, 2.45) is 0 Å². The molecule has 0 radical (unpaired) electrons. The highest BCUT2D eigenvalue weighted by Gasteiger charge is 1.98. The summed E-state index contributed by atoms with van der Waals surface area (Å²) >= 11 is 0. The van der Waals surface area contributed by atoms with Crippen LogP contribution in [0.15, 0.2) is 24.3 Å². The van der Waals surface area contributed by atoms with Crippen molar-refractivity contribution in [2.75, 3.05) is 13.7 Å². The Bertz CT molecular complexity index is 413. The summed E-state index contributed by atoms with van der Waals surface area (Å²) in [5.74, 6) is 5.31. The number of carbonyl (C=O) groups excluding carboxylic acids is 1. The van der Waals surface area contributed by atoms with Gasteiger partial charge in [-0.05, 0) is 18.1 Å². The van der Waals surface area contributed by atoms with E-state index in [1.807, 2.05) is 24.3 Å². The lowest BCUT2D eigenvalue weighted by Crippen LogP contribution is -1.97. The summed E-state index contributed by atoms with van der Waals surface area (Å²) in [6.07, 6.45) is 0.660. The lowest BCUT2D eigenvalue weighted by atomic mass is 10.1. The number of benzene rings is 1. The molecule has 1 aromatic rings. The van der Waals surface area contributed by atoms with E-state index in [4.69, 9.17) is 5.11 Å². The molecular weight excluding hydrogens is 204 g/mol. The second-order valence-corrected chi connectivity index (χ2v) is 3.19. The van der Waals surface area contributed by atoms with E-state index < -0.39 is 0 Å². The van der Waals surface area contributed by atoms with Crippen LogP contribution in [0, 0.1) is 11.8 Å². The van der Waals surface area contributed by atoms with Gasteiger partial charge in [-0.3, -0.25) is 4.79 Å². The van der Waals surface area contributed by atoms with E-state index >= 15 is 0 Å². The fraction of sp³-hybridized carbons (Fsp3) is 0.308. The lowest BCUT2D eigenvalue weighted by molar-refractivity contribution is -0.139. The molecule has 3 nitrogen and oxygen atoms in total. The summed E-state index contributed by atoms with van der Waals surface area (Å²) < 4.78 is 4.48. The summed E-state index contributed by atoms with van der Waals surface area (Å²) in [5.41, 5.74) is 1.84. The number of esters is 1. The highest BCUT2D eigenvalue weighted by molar-refractivity contribution is 5.72. The zero-order valence-electron chi connectivity index (χ0n) is 9.19. The number of carbonyl (C=O) groups is 1. The molecule has 0 saturated carbocycles. The Morgan fingerprint density at radius 2 is 2.19 bits per heavy atom. The van der Waals surface area contributed by atoms with Crippen LogP contribution in [0.3, 0.4) is 0 Å². The van der Waals surface area contributed by atoms with Crippen molar-refractivity contribution in [3.63, 3.8) is 0 Å². The smallest absolute Gasteiger partial charge is 0.317 e. The van der Waals surface area contributed by atoms with Gasteiger partial charge in [-0.2, -0.15) is 0 Å². The van der Waals surface area contributed by atoms with E-state index in [2.05, 4.69) is 16.6 Å². The molecule has 0 atom stereocenters. The highest BCUT2D eigenvalue weighted by atomic mass is 16.5. The molecule has 0 amide bonds. The lowest BCUT2D eigenvalue weighted by Gasteiger charge is -2.00. The quantitative estimate of drug-likeness (QED) is 0.611. The number of aliphatic hydroxyl groups is 1. The highest BCUT2D eigenvalue weighted by Crippen LogP contribution is 2.07. The number of aliphatic hydroxyl groups excluding tert-OH is 1. The first-order chi connectivity index (χ1) is 7.77. The Labute approximate surface area is 95.1 Å². The third-order valence-corrected chi connectivity index (χ3v) is 2.08. The van der Waals surface area contributed by atoms with Gasteiger partial charge in [0.05, 0.1) is 7.11 Å². The molecule has 1 aromatic carbocycles. The monoisotopic (exact) mass is 218 g/mol. The second kappa shape index (κ2) is 6.65. The first-order valence-electron chi connectivity index (χ1n) is 5.02. The van der Waals surface area contributed by atoms with Gasteiger partial charge in [0.25, 0.3) is 0 Å². The maximum atomic E-state index is 10.8. The minimum atomic E-state index is -0.341. The predicted octanol–water partition coefficient (Wildman–Crippen LogP) is 1.14. The van der Waals surface area contributed by atoms with Crippen LogP contribution in [0.1, 0.15) is 17.5 Å². The van der Waals surface area contributed by atoms with Crippen molar-refractivity contribution in [2.45, 2.75) is 12.8 Å². The molecule has 0 unspecified atom stereocenters. The molecule has 0 fully saturated rings. The van der Waals surface area contributed by atoms with Gasteiger partial charge < -0.3 is 9.84 Å². The predicted molar refractivity (Wildman–Crippen MR) is 60.7 cm³/mol. The average molecular weight is 218 g/mol. The molecule has 84 valence electrons. The fourth-order valence-electron chi connectivity index (χ4n) is 1.26. The molecule has 0 heterocycles. The van der Waals surface area contributed by atoms with E-state index in [0.29, 0.717) is 6.42 Å². The molecule has 0 bridgehead atoms. The molecule has 3 heteroatoms. The van der Waals surface area contributed by atoms with Crippen LogP contribution in [0.4, 0.5) is 0 Å². The van der Waals surface area contributed by atoms with Crippen LogP contribution in [-0.4, -0.2) is 24.8 Å². The van der Waals surface area contributed by atoms with E-state index in [1.165, 1.54) is 7.11 Å². The Kier molecular flexibility index (Phi) is 5.10. The van der Waals surface area contributed by atoms with Crippen molar-refractivity contribution < 1.29 is 14.6 Å². The third kappa shape index (κ3) is 3.76. The van der Waals surface area contributed by atoms with Gasteiger partial charge >= 0.3 is 5.97 Å². The second-order valence-electron chi connectivity index (χ2n) is 3.19. The minimum Gasteiger partial charge on any atom is -0.468 e. The van der Waals surface area contributed by atoms with Gasteiger partial charge in [-0.25, -0.2) is 0 Å². The average Bonchev–Trinajstić information content (AvgIpc) is 2.31. The topological polar surface area (TPSA) is 46.5 Å². The molecule has 0 aliphatic rings. The van der Waals surface area contributed by atoms with Gasteiger partial charge in [0.2, 0.25) is 0 Å². The number of hydrogen-bond acceptors (Lipinski definition) is 3. The number of hydrogen-bond donors (Lipinski definition) is 1. The van der Waals surface area contributed by atoms with Crippen LogP contribution in [0.25, 0.3) is 0 Å². The van der Waals surface area contributed by atoms with Crippen molar-refractivity contribution >= 4 is 5.97 Å². The van der Waals surface area contributed by atoms with E-state index in [0.717, 1.165) is 11.1 Å². The van der Waals surface area contributed by atoms with Gasteiger partial charge in [-0.1, -0.05) is 30.0 Å². The molecule has 1 rings (SSSR count). The first kappa shape index (κ1) is 12.3. The maximum absolute atomic E-state index is 10.8. The maximum Gasteiger partial charge on any atom is 0.317 e. The van der Waals surface area contributed by atoms with Gasteiger partial charge in [-0.15, -0.1) is 0 Å².